The maximum atomic E-state index is 12.5. The van der Waals surface area contributed by atoms with Gasteiger partial charge in [0.1, 0.15) is 0 Å². The summed E-state index contributed by atoms with van der Waals surface area (Å²) in [5.74, 6) is -0.224. The van der Waals surface area contributed by atoms with Gasteiger partial charge >= 0.3 is 0 Å². The van der Waals surface area contributed by atoms with E-state index in [0.717, 1.165) is 43.3 Å². The topological polar surface area (TPSA) is 77.6 Å². The van der Waals surface area contributed by atoms with Crippen LogP contribution in [0.4, 0.5) is 10.8 Å². The Kier molecular flexibility index (Phi) is 7.64. The fraction of sp³-hybridized carbons (Fsp3) is 0.348. The first-order valence-electron chi connectivity index (χ1n) is 10.6. The van der Waals surface area contributed by atoms with Gasteiger partial charge < -0.3 is 15.5 Å². The van der Waals surface area contributed by atoms with Crippen molar-refractivity contribution in [3.8, 4) is 0 Å². The standard InChI is InChI=1S/C23H27N5O2S2/c1-27-7-9-28(10-8-27)15-17-4-2-5-18(12-17)24-21(29)13-19-16-32-23(25-19)26-22(30)14-20-6-3-11-31-20/h2-6,11-12,16H,7-10,13-15H2,1H3,(H,24,29)(H,25,26,30). The average molecular weight is 470 g/mol. The monoisotopic (exact) mass is 469 g/mol. The summed E-state index contributed by atoms with van der Waals surface area (Å²) in [7, 11) is 2.15. The van der Waals surface area contributed by atoms with Gasteiger partial charge in [-0.3, -0.25) is 14.5 Å². The Balaban J connectivity index is 1.26. The molecule has 1 fully saturated rings. The summed E-state index contributed by atoms with van der Waals surface area (Å²) in [5.41, 5.74) is 2.63. The molecule has 4 rings (SSSR count). The van der Waals surface area contributed by atoms with E-state index >= 15 is 0 Å². The molecular weight excluding hydrogens is 442 g/mol. The van der Waals surface area contributed by atoms with Crippen LogP contribution in [0.3, 0.4) is 0 Å². The number of thiazole rings is 1. The van der Waals surface area contributed by atoms with E-state index in [0.29, 0.717) is 17.2 Å². The van der Waals surface area contributed by atoms with E-state index < -0.39 is 0 Å². The molecule has 0 spiro atoms. The van der Waals surface area contributed by atoms with Gasteiger partial charge in [-0.15, -0.1) is 22.7 Å². The van der Waals surface area contributed by atoms with E-state index in [1.54, 1.807) is 11.3 Å². The third-order valence-electron chi connectivity index (χ3n) is 5.27. The molecule has 1 aromatic carbocycles. The molecular formula is C23H27N5O2S2. The molecule has 0 saturated carbocycles. The number of likely N-dealkylation sites (N-methyl/N-ethyl adjacent to an activating group) is 1. The average Bonchev–Trinajstić information content (AvgIpc) is 3.42. The van der Waals surface area contributed by atoms with Crippen molar-refractivity contribution in [2.45, 2.75) is 19.4 Å². The van der Waals surface area contributed by atoms with Gasteiger partial charge in [0.2, 0.25) is 11.8 Å². The predicted molar refractivity (Wildman–Crippen MR) is 130 cm³/mol. The minimum Gasteiger partial charge on any atom is -0.326 e. The van der Waals surface area contributed by atoms with Crippen LogP contribution in [0.1, 0.15) is 16.1 Å². The highest BCUT2D eigenvalue weighted by atomic mass is 32.1. The molecule has 1 aliphatic rings. The smallest absolute Gasteiger partial charge is 0.231 e. The predicted octanol–water partition coefficient (Wildman–Crippen LogP) is 3.31. The zero-order chi connectivity index (χ0) is 22.3. The van der Waals surface area contributed by atoms with Crippen LogP contribution in [0.25, 0.3) is 0 Å². The van der Waals surface area contributed by atoms with Crippen molar-refractivity contribution < 1.29 is 9.59 Å². The summed E-state index contributed by atoms with van der Waals surface area (Å²) < 4.78 is 0. The van der Waals surface area contributed by atoms with Gasteiger partial charge in [0.05, 0.1) is 18.5 Å². The lowest BCUT2D eigenvalue weighted by atomic mass is 10.1. The van der Waals surface area contributed by atoms with Crippen molar-refractivity contribution in [3.05, 3.63) is 63.3 Å². The Labute approximate surface area is 196 Å². The zero-order valence-electron chi connectivity index (χ0n) is 18.0. The third kappa shape index (κ3) is 6.70. The van der Waals surface area contributed by atoms with Crippen LogP contribution >= 0.6 is 22.7 Å². The lowest BCUT2D eigenvalue weighted by molar-refractivity contribution is -0.116. The highest BCUT2D eigenvalue weighted by Gasteiger charge is 2.15. The summed E-state index contributed by atoms with van der Waals surface area (Å²) in [6, 6.07) is 11.9. The fourth-order valence-corrected chi connectivity index (χ4v) is 4.99. The summed E-state index contributed by atoms with van der Waals surface area (Å²) in [6.07, 6.45) is 0.498. The molecule has 2 aromatic heterocycles. The maximum absolute atomic E-state index is 12.5. The van der Waals surface area contributed by atoms with Crippen molar-refractivity contribution in [1.29, 1.82) is 0 Å². The molecule has 0 atom stereocenters. The number of nitrogens with zero attached hydrogens (tertiary/aromatic N) is 3. The van der Waals surface area contributed by atoms with Crippen LogP contribution < -0.4 is 10.6 Å². The van der Waals surface area contributed by atoms with Gasteiger partial charge in [0.15, 0.2) is 5.13 Å². The Morgan fingerprint density at radius 2 is 1.81 bits per heavy atom. The molecule has 1 aliphatic heterocycles. The van der Waals surface area contributed by atoms with E-state index in [4.69, 9.17) is 0 Å². The number of carbonyl (C=O) groups excluding carboxylic acids is 2. The second kappa shape index (κ2) is 10.8. The lowest BCUT2D eigenvalue weighted by Gasteiger charge is -2.32. The highest BCUT2D eigenvalue weighted by Crippen LogP contribution is 2.18. The van der Waals surface area contributed by atoms with E-state index in [9.17, 15) is 9.59 Å². The summed E-state index contributed by atoms with van der Waals surface area (Å²) in [4.78, 5) is 34.8. The second-order valence-electron chi connectivity index (χ2n) is 7.95. The molecule has 1 saturated heterocycles. The number of hydrogen-bond donors (Lipinski definition) is 2. The van der Waals surface area contributed by atoms with E-state index in [1.165, 1.54) is 16.9 Å². The number of benzene rings is 1. The maximum Gasteiger partial charge on any atom is 0.231 e. The molecule has 7 nitrogen and oxygen atoms in total. The number of carbonyl (C=O) groups is 2. The van der Waals surface area contributed by atoms with E-state index in [-0.39, 0.29) is 18.2 Å². The second-order valence-corrected chi connectivity index (χ2v) is 9.84. The van der Waals surface area contributed by atoms with Gasteiger partial charge in [-0.2, -0.15) is 0 Å². The van der Waals surface area contributed by atoms with Crippen LogP contribution in [0.5, 0.6) is 0 Å². The largest absolute Gasteiger partial charge is 0.326 e. The number of piperazine rings is 1. The number of nitrogens with one attached hydrogen (secondary N) is 2. The SMILES string of the molecule is CN1CCN(Cc2cccc(NC(=O)Cc3csc(NC(=O)Cc4cccs4)n3)c2)CC1. The van der Waals surface area contributed by atoms with Gasteiger partial charge in [0.25, 0.3) is 0 Å². The Bertz CT molecular complexity index is 1040. The van der Waals surface area contributed by atoms with Crippen molar-refractivity contribution in [2.24, 2.45) is 0 Å². The Morgan fingerprint density at radius 1 is 1.00 bits per heavy atom. The van der Waals surface area contributed by atoms with Crippen molar-refractivity contribution in [3.63, 3.8) is 0 Å². The minimum atomic E-state index is -0.122. The van der Waals surface area contributed by atoms with Gasteiger partial charge in [0, 0.05) is 48.7 Å². The summed E-state index contributed by atoms with van der Waals surface area (Å²) in [6.45, 7) is 5.17. The minimum absolute atomic E-state index is 0.102. The molecule has 0 radical (unpaired) electrons. The normalized spacial score (nSPS) is 14.9. The number of hydrogen-bond acceptors (Lipinski definition) is 7. The first-order chi connectivity index (χ1) is 15.5. The van der Waals surface area contributed by atoms with Crippen LogP contribution in [0.2, 0.25) is 0 Å². The van der Waals surface area contributed by atoms with Gasteiger partial charge in [-0.05, 0) is 36.2 Å². The molecule has 0 aliphatic carbocycles. The lowest BCUT2D eigenvalue weighted by Crippen LogP contribution is -2.43. The molecule has 168 valence electrons. The van der Waals surface area contributed by atoms with E-state index in [1.807, 2.05) is 41.1 Å². The number of rotatable bonds is 8. The number of amides is 2. The molecule has 0 unspecified atom stereocenters. The van der Waals surface area contributed by atoms with E-state index in [2.05, 4.69) is 38.5 Å². The molecule has 9 heteroatoms. The van der Waals surface area contributed by atoms with Crippen molar-refractivity contribution in [2.75, 3.05) is 43.9 Å². The van der Waals surface area contributed by atoms with Crippen LogP contribution in [0.15, 0.2) is 47.2 Å². The van der Waals surface area contributed by atoms with Gasteiger partial charge in [-0.25, -0.2) is 4.98 Å². The molecule has 32 heavy (non-hydrogen) atoms. The zero-order valence-corrected chi connectivity index (χ0v) is 19.7. The first-order valence-corrected chi connectivity index (χ1v) is 12.4. The van der Waals surface area contributed by atoms with Crippen LogP contribution in [-0.2, 0) is 29.0 Å². The number of thiophene rings is 1. The van der Waals surface area contributed by atoms with Crippen molar-refractivity contribution >= 4 is 45.3 Å². The molecule has 2 N–H and O–H groups in total. The van der Waals surface area contributed by atoms with Gasteiger partial charge in [-0.1, -0.05) is 18.2 Å². The molecule has 2 amide bonds. The third-order valence-corrected chi connectivity index (χ3v) is 6.95. The molecule has 3 heterocycles. The fourth-order valence-electron chi connectivity index (χ4n) is 3.56. The number of anilines is 2. The number of aromatic nitrogens is 1. The van der Waals surface area contributed by atoms with Crippen LogP contribution in [0, 0.1) is 0 Å². The van der Waals surface area contributed by atoms with Crippen molar-refractivity contribution in [1.82, 2.24) is 14.8 Å². The quantitative estimate of drug-likeness (QED) is 0.529. The highest BCUT2D eigenvalue weighted by molar-refractivity contribution is 7.14. The first kappa shape index (κ1) is 22.6. The molecule has 0 bridgehead atoms. The van der Waals surface area contributed by atoms with Crippen LogP contribution in [-0.4, -0.2) is 59.8 Å². The Hall–Kier alpha value is -2.59. The molecule has 3 aromatic rings. The Morgan fingerprint density at radius 3 is 2.59 bits per heavy atom. The summed E-state index contributed by atoms with van der Waals surface area (Å²) in [5, 5.41) is 10.1. The summed E-state index contributed by atoms with van der Waals surface area (Å²) >= 11 is 2.88.